The van der Waals surface area contributed by atoms with Gasteiger partial charge in [0, 0.05) is 6.20 Å². The Labute approximate surface area is 153 Å². The Hall–Kier alpha value is -2.42. The van der Waals surface area contributed by atoms with Crippen molar-refractivity contribution in [2.24, 2.45) is 0 Å². The number of anilines is 1. The summed E-state index contributed by atoms with van der Waals surface area (Å²) in [4.78, 5) is 17.3. The highest BCUT2D eigenvalue weighted by atomic mass is 79.9. The fourth-order valence-electron chi connectivity index (χ4n) is 2.33. The smallest absolute Gasteiger partial charge is 0.320 e. The van der Waals surface area contributed by atoms with Crippen LogP contribution in [-0.2, 0) is 6.54 Å². The standard InChI is InChI=1S/C16H19BrN6O2/c1-3-4-7-25-15-21-13(18)12-14(22-15)23(16(20-12)24-2)9-10-5-6-11(17)19-8-10/h5-6,8H,3-4,7,9H2,1-2H3,(H2,18,21,22). The van der Waals surface area contributed by atoms with E-state index in [2.05, 4.69) is 42.8 Å². The monoisotopic (exact) mass is 406 g/mol. The number of methoxy groups -OCH3 is 1. The number of nitrogens with two attached hydrogens (primary N) is 1. The van der Waals surface area contributed by atoms with Gasteiger partial charge in [-0.15, -0.1) is 0 Å². The Balaban J connectivity index is 2.00. The summed E-state index contributed by atoms with van der Waals surface area (Å²) in [6, 6.07) is 4.50. The van der Waals surface area contributed by atoms with Crippen LogP contribution in [0.25, 0.3) is 11.2 Å². The van der Waals surface area contributed by atoms with Crippen LogP contribution in [0.15, 0.2) is 22.9 Å². The van der Waals surface area contributed by atoms with E-state index in [1.165, 1.54) is 0 Å². The van der Waals surface area contributed by atoms with Gasteiger partial charge in [-0.3, -0.25) is 4.57 Å². The normalized spacial score (nSPS) is 11.0. The number of hydrogen-bond donors (Lipinski definition) is 1. The molecule has 3 rings (SSSR count). The third kappa shape index (κ3) is 3.81. The molecule has 3 aromatic heterocycles. The lowest BCUT2D eigenvalue weighted by atomic mass is 10.3. The molecule has 3 aromatic rings. The molecular weight excluding hydrogens is 388 g/mol. The van der Waals surface area contributed by atoms with Crippen LogP contribution in [0.1, 0.15) is 25.3 Å². The van der Waals surface area contributed by atoms with E-state index in [1.807, 2.05) is 16.7 Å². The van der Waals surface area contributed by atoms with Gasteiger partial charge < -0.3 is 15.2 Å². The predicted molar refractivity (Wildman–Crippen MR) is 97.7 cm³/mol. The van der Waals surface area contributed by atoms with Crippen LogP contribution in [-0.4, -0.2) is 38.2 Å². The Morgan fingerprint density at radius 1 is 1.24 bits per heavy atom. The SMILES string of the molecule is CCCCOc1nc(N)c2nc(OC)n(Cc3ccc(Br)nc3)c2n1. The van der Waals surface area contributed by atoms with Gasteiger partial charge in [0.15, 0.2) is 17.0 Å². The highest BCUT2D eigenvalue weighted by Gasteiger charge is 2.18. The fourth-order valence-corrected chi connectivity index (χ4v) is 2.57. The Morgan fingerprint density at radius 3 is 2.76 bits per heavy atom. The van der Waals surface area contributed by atoms with Crippen molar-refractivity contribution >= 4 is 32.9 Å². The predicted octanol–water partition coefficient (Wildman–Crippen LogP) is 2.80. The maximum atomic E-state index is 6.03. The third-order valence-corrected chi connectivity index (χ3v) is 4.08. The van der Waals surface area contributed by atoms with Crippen LogP contribution in [0.2, 0.25) is 0 Å². The molecule has 0 saturated heterocycles. The molecule has 0 aliphatic rings. The van der Waals surface area contributed by atoms with Crippen LogP contribution in [0.3, 0.4) is 0 Å². The van der Waals surface area contributed by atoms with Gasteiger partial charge >= 0.3 is 6.01 Å². The summed E-state index contributed by atoms with van der Waals surface area (Å²) >= 11 is 3.33. The van der Waals surface area contributed by atoms with Gasteiger partial charge in [0.05, 0.1) is 20.3 Å². The van der Waals surface area contributed by atoms with E-state index < -0.39 is 0 Å². The summed E-state index contributed by atoms with van der Waals surface area (Å²) < 4.78 is 13.6. The molecule has 25 heavy (non-hydrogen) atoms. The van der Waals surface area contributed by atoms with Crippen LogP contribution in [0.4, 0.5) is 5.82 Å². The number of aromatic nitrogens is 5. The molecule has 0 amide bonds. The quantitative estimate of drug-likeness (QED) is 0.475. The average molecular weight is 407 g/mol. The summed E-state index contributed by atoms with van der Waals surface area (Å²) in [5, 5.41) is 0. The average Bonchev–Trinajstić information content (AvgIpc) is 2.95. The second-order valence-corrected chi connectivity index (χ2v) is 6.25. The molecule has 0 fully saturated rings. The minimum absolute atomic E-state index is 0.246. The van der Waals surface area contributed by atoms with E-state index in [-0.39, 0.29) is 11.8 Å². The lowest BCUT2D eigenvalue weighted by molar-refractivity contribution is 0.286. The molecule has 0 bridgehead atoms. The van der Waals surface area contributed by atoms with Crippen molar-refractivity contribution in [2.75, 3.05) is 19.5 Å². The summed E-state index contributed by atoms with van der Waals surface area (Å²) in [5.41, 5.74) is 8.07. The maximum absolute atomic E-state index is 6.03. The van der Waals surface area contributed by atoms with Crippen molar-refractivity contribution in [3.63, 3.8) is 0 Å². The summed E-state index contributed by atoms with van der Waals surface area (Å²) in [5.74, 6) is 0.266. The largest absolute Gasteiger partial charge is 0.468 e. The first-order valence-electron chi connectivity index (χ1n) is 7.93. The first kappa shape index (κ1) is 17.4. The molecule has 0 aliphatic heterocycles. The second-order valence-electron chi connectivity index (χ2n) is 5.44. The number of imidazole rings is 1. The molecule has 132 valence electrons. The summed E-state index contributed by atoms with van der Waals surface area (Å²) in [6.07, 6.45) is 3.73. The Bertz CT molecular complexity index is 865. The molecule has 8 nitrogen and oxygen atoms in total. The van der Waals surface area contributed by atoms with E-state index in [4.69, 9.17) is 15.2 Å². The lowest BCUT2D eigenvalue weighted by Crippen LogP contribution is -2.07. The van der Waals surface area contributed by atoms with Crippen molar-refractivity contribution in [3.8, 4) is 12.0 Å². The van der Waals surface area contributed by atoms with Gasteiger partial charge in [-0.2, -0.15) is 15.0 Å². The van der Waals surface area contributed by atoms with Crippen molar-refractivity contribution in [2.45, 2.75) is 26.3 Å². The van der Waals surface area contributed by atoms with Crippen LogP contribution < -0.4 is 15.2 Å². The van der Waals surface area contributed by atoms with Crippen molar-refractivity contribution in [3.05, 3.63) is 28.5 Å². The summed E-state index contributed by atoms with van der Waals surface area (Å²) in [7, 11) is 1.56. The number of fused-ring (bicyclic) bond motifs is 1. The highest BCUT2D eigenvalue weighted by molar-refractivity contribution is 9.10. The summed E-state index contributed by atoms with van der Waals surface area (Å²) in [6.45, 7) is 3.13. The molecule has 3 heterocycles. The number of nitrogens with zero attached hydrogens (tertiary/aromatic N) is 5. The zero-order chi connectivity index (χ0) is 17.8. The fraction of sp³-hybridized carbons (Fsp3) is 0.375. The lowest BCUT2D eigenvalue weighted by Gasteiger charge is -2.08. The van der Waals surface area contributed by atoms with E-state index in [9.17, 15) is 0 Å². The molecule has 2 N–H and O–H groups in total. The number of ether oxygens (including phenoxy) is 2. The highest BCUT2D eigenvalue weighted by Crippen LogP contribution is 2.26. The molecule has 0 spiro atoms. The number of hydrogen-bond acceptors (Lipinski definition) is 7. The van der Waals surface area contributed by atoms with Gasteiger partial charge in [-0.25, -0.2) is 4.98 Å². The van der Waals surface area contributed by atoms with E-state index >= 15 is 0 Å². The molecule has 0 aromatic carbocycles. The zero-order valence-corrected chi connectivity index (χ0v) is 15.7. The van der Waals surface area contributed by atoms with Crippen LogP contribution in [0, 0.1) is 0 Å². The van der Waals surface area contributed by atoms with Crippen LogP contribution in [0.5, 0.6) is 12.0 Å². The maximum Gasteiger partial charge on any atom is 0.320 e. The number of halogens is 1. The van der Waals surface area contributed by atoms with Gasteiger partial charge in [0.2, 0.25) is 0 Å². The number of rotatable bonds is 7. The molecule has 0 atom stereocenters. The Kier molecular flexibility index (Phi) is 5.32. The van der Waals surface area contributed by atoms with Crippen molar-refractivity contribution < 1.29 is 9.47 Å². The first-order valence-corrected chi connectivity index (χ1v) is 8.72. The van der Waals surface area contributed by atoms with E-state index in [0.717, 1.165) is 23.0 Å². The van der Waals surface area contributed by atoms with E-state index in [1.54, 1.807) is 13.3 Å². The molecular formula is C16H19BrN6O2. The number of unbranched alkanes of at least 4 members (excludes halogenated alkanes) is 1. The van der Waals surface area contributed by atoms with Gasteiger partial charge in [0.25, 0.3) is 6.01 Å². The van der Waals surface area contributed by atoms with E-state index in [0.29, 0.717) is 30.3 Å². The molecule has 0 unspecified atom stereocenters. The molecule has 0 radical (unpaired) electrons. The topological polar surface area (TPSA) is 101 Å². The molecule has 0 saturated carbocycles. The number of nitrogen functional groups attached to an aromatic ring is 1. The van der Waals surface area contributed by atoms with Gasteiger partial charge in [-0.05, 0) is 34.0 Å². The Morgan fingerprint density at radius 2 is 2.08 bits per heavy atom. The zero-order valence-electron chi connectivity index (χ0n) is 14.1. The molecule has 0 aliphatic carbocycles. The van der Waals surface area contributed by atoms with Gasteiger partial charge in [0.1, 0.15) is 4.60 Å². The minimum atomic E-state index is 0.246. The second kappa shape index (κ2) is 7.64. The first-order chi connectivity index (χ1) is 12.1. The van der Waals surface area contributed by atoms with Gasteiger partial charge in [-0.1, -0.05) is 19.4 Å². The minimum Gasteiger partial charge on any atom is -0.468 e. The third-order valence-electron chi connectivity index (χ3n) is 3.61. The number of pyridine rings is 1. The van der Waals surface area contributed by atoms with Crippen LogP contribution >= 0.6 is 15.9 Å². The molecule has 9 heteroatoms. The van der Waals surface area contributed by atoms with Crippen molar-refractivity contribution in [1.82, 2.24) is 24.5 Å². The van der Waals surface area contributed by atoms with Crippen molar-refractivity contribution in [1.29, 1.82) is 0 Å².